The van der Waals surface area contributed by atoms with Gasteiger partial charge in [-0.1, -0.05) is 18.2 Å². The third-order valence-electron chi connectivity index (χ3n) is 3.08. The lowest BCUT2D eigenvalue weighted by Gasteiger charge is -2.01. The zero-order valence-electron chi connectivity index (χ0n) is 11.5. The molecule has 1 aromatic carbocycles. The van der Waals surface area contributed by atoms with Gasteiger partial charge < -0.3 is 10.3 Å². The molecule has 6 heteroatoms. The summed E-state index contributed by atoms with van der Waals surface area (Å²) in [6.45, 7) is 1.99. The number of fused-ring (bicyclic) bond motifs is 1. The third-order valence-corrected chi connectivity index (χ3v) is 3.96. The Morgan fingerprint density at radius 1 is 1.10 bits per heavy atom. The van der Waals surface area contributed by atoms with E-state index < -0.39 is 0 Å². The van der Waals surface area contributed by atoms with Crippen molar-refractivity contribution < 1.29 is 0 Å². The van der Waals surface area contributed by atoms with Gasteiger partial charge in [-0.3, -0.25) is 0 Å². The van der Waals surface area contributed by atoms with E-state index in [9.17, 15) is 0 Å². The number of H-pyrrole nitrogens is 1. The second-order valence-corrected chi connectivity index (χ2v) is 5.59. The molecule has 0 aliphatic heterocycles. The van der Waals surface area contributed by atoms with Crippen LogP contribution in [0.3, 0.4) is 0 Å². The van der Waals surface area contributed by atoms with Crippen LogP contribution in [0.2, 0.25) is 0 Å². The minimum atomic E-state index is 0. The number of halogens is 2. The smallest absolute Gasteiger partial charge is 0.107 e. The van der Waals surface area contributed by atoms with Crippen LogP contribution in [0.1, 0.15) is 17.1 Å². The third kappa shape index (κ3) is 5.00. The van der Waals surface area contributed by atoms with Crippen LogP contribution < -0.4 is 5.32 Å². The highest BCUT2D eigenvalue weighted by Gasteiger charge is 2.01. The zero-order valence-corrected chi connectivity index (χ0v) is 14.0. The van der Waals surface area contributed by atoms with Crippen LogP contribution in [0.5, 0.6) is 0 Å². The molecule has 0 radical (unpaired) electrons. The largest absolute Gasteiger partial charge is 0.342 e. The molecule has 2 heterocycles. The van der Waals surface area contributed by atoms with Gasteiger partial charge in [-0.25, -0.2) is 4.98 Å². The summed E-state index contributed by atoms with van der Waals surface area (Å²) in [5.41, 5.74) is 2.19. The molecule has 2 N–H and O–H groups in total. The predicted octanol–water partition coefficient (Wildman–Crippen LogP) is 4.19. The number of thiophene rings is 1. The normalized spacial score (nSPS) is 10.1. The van der Waals surface area contributed by atoms with Gasteiger partial charge in [0.15, 0.2) is 0 Å². The molecule has 0 spiro atoms. The number of para-hydroxylation sites is 2. The van der Waals surface area contributed by atoms with E-state index in [0.29, 0.717) is 0 Å². The molecule has 0 saturated carbocycles. The Kier molecular flexibility index (Phi) is 7.75. The van der Waals surface area contributed by atoms with Gasteiger partial charge in [0, 0.05) is 17.8 Å². The maximum absolute atomic E-state index is 4.58. The number of nitrogens with one attached hydrogen (secondary N) is 2. The van der Waals surface area contributed by atoms with Crippen LogP contribution in [-0.4, -0.2) is 16.5 Å². The fourth-order valence-electron chi connectivity index (χ4n) is 2.13. The topological polar surface area (TPSA) is 40.7 Å². The van der Waals surface area contributed by atoms with Gasteiger partial charge in [-0.2, -0.15) is 0 Å². The summed E-state index contributed by atoms with van der Waals surface area (Å²) in [7, 11) is 0. The Bertz CT molecular complexity index is 604. The van der Waals surface area contributed by atoms with Crippen molar-refractivity contribution in [3.8, 4) is 0 Å². The van der Waals surface area contributed by atoms with E-state index in [1.807, 2.05) is 18.2 Å². The van der Waals surface area contributed by atoms with Crippen molar-refractivity contribution in [2.45, 2.75) is 19.4 Å². The summed E-state index contributed by atoms with van der Waals surface area (Å²) >= 11 is 1.80. The van der Waals surface area contributed by atoms with Crippen LogP contribution in [-0.2, 0) is 13.0 Å². The zero-order chi connectivity index (χ0) is 12.9. The molecule has 0 fully saturated rings. The second kappa shape index (κ2) is 9.05. The number of hydrogen-bond acceptors (Lipinski definition) is 3. The van der Waals surface area contributed by atoms with Crippen LogP contribution in [0.25, 0.3) is 11.0 Å². The van der Waals surface area contributed by atoms with Crippen LogP contribution in [0, 0.1) is 0 Å². The van der Waals surface area contributed by atoms with Crippen LogP contribution >= 0.6 is 36.2 Å². The minimum Gasteiger partial charge on any atom is -0.342 e. The molecule has 114 valence electrons. The molecular weight excluding hydrogens is 325 g/mol. The first-order chi connectivity index (χ1) is 9.42. The van der Waals surface area contributed by atoms with E-state index in [-0.39, 0.29) is 24.8 Å². The van der Waals surface area contributed by atoms with E-state index in [2.05, 4.69) is 38.9 Å². The Hall–Kier alpha value is -1.07. The van der Waals surface area contributed by atoms with Crippen molar-refractivity contribution in [2.75, 3.05) is 6.54 Å². The Labute approximate surface area is 141 Å². The van der Waals surface area contributed by atoms with E-state index in [1.165, 1.54) is 4.88 Å². The lowest BCUT2D eigenvalue weighted by molar-refractivity contribution is 0.646. The molecule has 3 rings (SSSR count). The number of rotatable bonds is 6. The Balaban J connectivity index is 0.00000110. The molecule has 0 unspecified atom stereocenters. The summed E-state index contributed by atoms with van der Waals surface area (Å²) in [6.07, 6.45) is 2.09. The quantitative estimate of drug-likeness (QED) is 0.658. The number of aryl methyl sites for hydroxylation is 1. The molecule has 0 atom stereocenters. The van der Waals surface area contributed by atoms with Gasteiger partial charge in [-0.15, -0.1) is 36.2 Å². The summed E-state index contributed by atoms with van der Waals surface area (Å²) in [4.78, 5) is 9.33. The van der Waals surface area contributed by atoms with Gasteiger partial charge in [-0.05, 0) is 36.5 Å². The highest BCUT2D eigenvalue weighted by molar-refractivity contribution is 7.09. The van der Waals surface area contributed by atoms with Gasteiger partial charge in [0.05, 0.1) is 11.0 Å². The van der Waals surface area contributed by atoms with Crippen LogP contribution in [0.4, 0.5) is 0 Å². The monoisotopic (exact) mass is 343 g/mol. The molecule has 3 aromatic rings. The molecule has 0 amide bonds. The number of benzene rings is 1. The fraction of sp³-hybridized carbons (Fsp3) is 0.267. The van der Waals surface area contributed by atoms with Crippen molar-refractivity contribution in [1.82, 2.24) is 15.3 Å². The van der Waals surface area contributed by atoms with E-state index in [0.717, 1.165) is 42.8 Å². The summed E-state index contributed by atoms with van der Waals surface area (Å²) in [6, 6.07) is 12.4. The van der Waals surface area contributed by atoms with Crippen molar-refractivity contribution in [2.24, 2.45) is 0 Å². The predicted molar refractivity (Wildman–Crippen MR) is 94.9 cm³/mol. The van der Waals surface area contributed by atoms with E-state index in [4.69, 9.17) is 0 Å². The second-order valence-electron chi connectivity index (χ2n) is 4.56. The highest BCUT2D eigenvalue weighted by atomic mass is 35.5. The Morgan fingerprint density at radius 3 is 2.71 bits per heavy atom. The van der Waals surface area contributed by atoms with Gasteiger partial charge in [0.25, 0.3) is 0 Å². The summed E-state index contributed by atoms with van der Waals surface area (Å²) in [5.74, 6) is 1.08. The molecular formula is C15H19Cl2N3S. The first-order valence-corrected chi connectivity index (χ1v) is 7.46. The first kappa shape index (κ1) is 18.0. The summed E-state index contributed by atoms with van der Waals surface area (Å²) < 4.78 is 0. The average Bonchev–Trinajstić information content (AvgIpc) is 3.06. The fourth-order valence-corrected chi connectivity index (χ4v) is 2.80. The molecule has 0 aliphatic carbocycles. The van der Waals surface area contributed by atoms with E-state index in [1.54, 1.807) is 11.3 Å². The van der Waals surface area contributed by atoms with Crippen molar-refractivity contribution in [3.05, 3.63) is 52.5 Å². The number of hydrogen-bond donors (Lipinski definition) is 2. The molecule has 0 saturated heterocycles. The van der Waals surface area contributed by atoms with Crippen molar-refractivity contribution in [1.29, 1.82) is 0 Å². The minimum absolute atomic E-state index is 0. The van der Waals surface area contributed by atoms with Gasteiger partial charge in [0.1, 0.15) is 5.82 Å². The first-order valence-electron chi connectivity index (χ1n) is 6.58. The number of imidazole rings is 1. The average molecular weight is 344 g/mol. The lowest BCUT2D eigenvalue weighted by Crippen LogP contribution is -2.14. The number of aromatic amines is 1. The maximum atomic E-state index is 4.58. The molecule has 3 nitrogen and oxygen atoms in total. The standard InChI is InChI=1S/C15H17N3S.2ClH/c1-2-7-14-13(6-1)17-15(18-14)8-3-9-16-11-12-5-4-10-19-12;;/h1-2,4-7,10,16H,3,8-9,11H2,(H,17,18);2*1H. The molecule has 0 bridgehead atoms. The molecule has 21 heavy (non-hydrogen) atoms. The molecule has 2 aromatic heterocycles. The van der Waals surface area contributed by atoms with Crippen molar-refractivity contribution >= 4 is 47.2 Å². The number of nitrogens with zero attached hydrogens (tertiary/aromatic N) is 1. The number of aromatic nitrogens is 2. The van der Waals surface area contributed by atoms with E-state index >= 15 is 0 Å². The van der Waals surface area contributed by atoms with Gasteiger partial charge >= 0.3 is 0 Å². The highest BCUT2D eigenvalue weighted by Crippen LogP contribution is 2.11. The van der Waals surface area contributed by atoms with Gasteiger partial charge in [0.2, 0.25) is 0 Å². The Morgan fingerprint density at radius 2 is 1.95 bits per heavy atom. The van der Waals surface area contributed by atoms with Crippen LogP contribution in [0.15, 0.2) is 41.8 Å². The summed E-state index contributed by atoms with van der Waals surface area (Å²) in [5, 5.41) is 5.58. The maximum Gasteiger partial charge on any atom is 0.107 e. The lowest BCUT2D eigenvalue weighted by atomic mass is 10.3. The SMILES string of the molecule is Cl.Cl.c1csc(CNCCCc2nc3ccccc3[nH]2)c1. The van der Waals surface area contributed by atoms with Crippen molar-refractivity contribution in [3.63, 3.8) is 0 Å². The molecule has 0 aliphatic rings.